The average molecular weight is 361 g/mol. The first kappa shape index (κ1) is 20.1. The number of hydrogen-bond donors (Lipinski definition) is 3. The number of hydrogen-bond acceptors (Lipinski definition) is 3. The molecule has 3 amide bonds. The predicted molar refractivity (Wildman–Crippen MR) is 102 cm³/mol. The largest absolute Gasteiger partial charge is 0.497 e. The van der Waals surface area contributed by atoms with Crippen LogP contribution in [0.15, 0.2) is 24.3 Å². The fraction of sp³-hybridized carbons (Fsp3) is 0.600. The maximum atomic E-state index is 11.8. The lowest BCUT2D eigenvalue weighted by molar-refractivity contribution is -0.121. The summed E-state index contributed by atoms with van der Waals surface area (Å²) in [5.41, 5.74) is 1.16. The van der Waals surface area contributed by atoms with Crippen molar-refractivity contribution in [1.29, 1.82) is 0 Å². The van der Waals surface area contributed by atoms with E-state index in [0.29, 0.717) is 32.0 Å². The molecule has 6 heteroatoms. The van der Waals surface area contributed by atoms with Crippen LogP contribution in [0, 0.1) is 0 Å². The third-order valence-corrected chi connectivity index (χ3v) is 4.70. The van der Waals surface area contributed by atoms with Crippen molar-refractivity contribution < 1.29 is 14.3 Å². The predicted octanol–water partition coefficient (Wildman–Crippen LogP) is 2.77. The number of urea groups is 1. The van der Waals surface area contributed by atoms with Crippen molar-refractivity contribution in [3.8, 4) is 5.75 Å². The molecule has 1 aliphatic carbocycles. The van der Waals surface area contributed by atoms with Crippen LogP contribution in [0.5, 0.6) is 5.75 Å². The monoisotopic (exact) mass is 361 g/mol. The van der Waals surface area contributed by atoms with E-state index in [4.69, 9.17) is 4.74 Å². The Hall–Kier alpha value is -2.24. The molecule has 0 aromatic heterocycles. The Labute approximate surface area is 156 Å². The van der Waals surface area contributed by atoms with Gasteiger partial charge in [0.2, 0.25) is 5.91 Å². The highest BCUT2D eigenvalue weighted by atomic mass is 16.5. The second-order valence-corrected chi connectivity index (χ2v) is 6.79. The Morgan fingerprint density at radius 1 is 1.04 bits per heavy atom. The molecule has 144 valence electrons. The Morgan fingerprint density at radius 3 is 2.46 bits per heavy atom. The van der Waals surface area contributed by atoms with Crippen LogP contribution in [-0.2, 0) is 11.2 Å². The van der Waals surface area contributed by atoms with Crippen LogP contribution in [-0.4, -0.2) is 38.2 Å². The van der Waals surface area contributed by atoms with Gasteiger partial charge in [0.15, 0.2) is 0 Å². The topological polar surface area (TPSA) is 79.5 Å². The van der Waals surface area contributed by atoms with Gasteiger partial charge < -0.3 is 20.7 Å². The minimum Gasteiger partial charge on any atom is -0.497 e. The Balaban J connectivity index is 1.49. The normalized spacial score (nSPS) is 14.5. The van der Waals surface area contributed by atoms with Gasteiger partial charge in [0.05, 0.1) is 7.11 Å². The van der Waals surface area contributed by atoms with Crippen molar-refractivity contribution >= 4 is 11.9 Å². The van der Waals surface area contributed by atoms with Crippen molar-refractivity contribution in [3.63, 3.8) is 0 Å². The molecule has 0 saturated heterocycles. The van der Waals surface area contributed by atoms with E-state index < -0.39 is 0 Å². The molecule has 0 spiro atoms. The lowest BCUT2D eigenvalue weighted by atomic mass is 9.96. The van der Waals surface area contributed by atoms with Gasteiger partial charge in [0, 0.05) is 25.6 Å². The molecule has 0 aliphatic heterocycles. The first-order valence-corrected chi connectivity index (χ1v) is 9.61. The highest BCUT2D eigenvalue weighted by molar-refractivity contribution is 5.76. The van der Waals surface area contributed by atoms with E-state index in [1.807, 2.05) is 24.3 Å². The smallest absolute Gasteiger partial charge is 0.315 e. The standard InChI is InChI=1S/C20H31N3O3/c1-26-18-11-9-16(10-12-18)13-15-21-19(24)8-5-14-22-20(25)23-17-6-3-2-4-7-17/h9-12,17H,2-8,13-15H2,1H3,(H,21,24)(H2,22,23,25). The number of benzene rings is 1. The van der Waals surface area contributed by atoms with Gasteiger partial charge in [-0.3, -0.25) is 4.79 Å². The van der Waals surface area contributed by atoms with Gasteiger partial charge in [-0.25, -0.2) is 4.79 Å². The second kappa shape index (κ2) is 11.4. The molecule has 6 nitrogen and oxygen atoms in total. The summed E-state index contributed by atoms with van der Waals surface area (Å²) in [6.07, 6.45) is 7.67. The van der Waals surface area contributed by atoms with Gasteiger partial charge in [-0.2, -0.15) is 0 Å². The minimum atomic E-state index is -0.114. The Kier molecular flexibility index (Phi) is 8.79. The number of carbonyl (C=O) groups is 2. The summed E-state index contributed by atoms with van der Waals surface area (Å²) in [5.74, 6) is 0.853. The number of ether oxygens (including phenoxy) is 1. The number of methoxy groups -OCH3 is 1. The average Bonchev–Trinajstić information content (AvgIpc) is 2.66. The third kappa shape index (κ3) is 7.76. The zero-order valence-electron chi connectivity index (χ0n) is 15.7. The third-order valence-electron chi connectivity index (χ3n) is 4.70. The molecular formula is C20H31N3O3. The molecule has 26 heavy (non-hydrogen) atoms. The van der Waals surface area contributed by atoms with Crippen LogP contribution >= 0.6 is 0 Å². The number of carbonyl (C=O) groups excluding carboxylic acids is 2. The summed E-state index contributed by atoms with van der Waals surface area (Å²) in [7, 11) is 1.64. The zero-order chi connectivity index (χ0) is 18.6. The van der Waals surface area contributed by atoms with Crippen LogP contribution in [0.4, 0.5) is 4.79 Å². The fourth-order valence-electron chi connectivity index (χ4n) is 3.16. The van der Waals surface area contributed by atoms with E-state index in [-0.39, 0.29) is 11.9 Å². The van der Waals surface area contributed by atoms with Gasteiger partial charge in [0.1, 0.15) is 5.75 Å². The molecule has 1 saturated carbocycles. The molecular weight excluding hydrogens is 330 g/mol. The lowest BCUT2D eigenvalue weighted by Gasteiger charge is -2.22. The van der Waals surface area contributed by atoms with Crippen molar-refractivity contribution in [2.45, 2.75) is 57.4 Å². The van der Waals surface area contributed by atoms with E-state index in [9.17, 15) is 9.59 Å². The van der Waals surface area contributed by atoms with Gasteiger partial charge in [-0.05, 0) is 43.4 Å². The van der Waals surface area contributed by atoms with E-state index in [2.05, 4.69) is 16.0 Å². The maximum Gasteiger partial charge on any atom is 0.315 e. The quantitative estimate of drug-likeness (QED) is 0.592. The molecule has 0 heterocycles. The second-order valence-electron chi connectivity index (χ2n) is 6.79. The highest BCUT2D eigenvalue weighted by Crippen LogP contribution is 2.17. The number of rotatable bonds is 9. The SMILES string of the molecule is COc1ccc(CCNC(=O)CCCNC(=O)NC2CCCCC2)cc1. The van der Waals surface area contributed by atoms with E-state index >= 15 is 0 Å². The van der Waals surface area contributed by atoms with Crippen molar-refractivity contribution in [3.05, 3.63) is 29.8 Å². The van der Waals surface area contributed by atoms with Crippen LogP contribution < -0.4 is 20.7 Å². The van der Waals surface area contributed by atoms with Crippen LogP contribution in [0.25, 0.3) is 0 Å². The van der Waals surface area contributed by atoms with Crippen molar-refractivity contribution in [2.75, 3.05) is 20.2 Å². The van der Waals surface area contributed by atoms with E-state index in [1.165, 1.54) is 19.3 Å². The summed E-state index contributed by atoms with van der Waals surface area (Å²) >= 11 is 0. The van der Waals surface area contributed by atoms with Gasteiger partial charge in [-0.15, -0.1) is 0 Å². The molecule has 0 atom stereocenters. The van der Waals surface area contributed by atoms with Crippen LogP contribution in [0.2, 0.25) is 0 Å². The molecule has 3 N–H and O–H groups in total. The first-order chi connectivity index (χ1) is 12.7. The van der Waals surface area contributed by atoms with E-state index in [0.717, 1.165) is 30.6 Å². The lowest BCUT2D eigenvalue weighted by Crippen LogP contribution is -2.43. The first-order valence-electron chi connectivity index (χ1n) is 9.61. The molecule has 2 rings (SSSR count). The van der Waals surface area contributed by atoms with Crippen molar-refractivity contribution in [1.82, 2.24) is 16.0 Å². The van der Waals surface area contributed by atoms with Crippen LogP contribution in [0.3, 0.4) is 0 Å². The summed E-state index contributed by atoms with van der Waals surface area (Å²) in [6.45, 7) is 1.13. The zero-order valence-corrected chi connectivity index (χ0v) is 15.7. The number of amides is 3. The fourth-order valence-corrected chi connectivity index (χ4v) is 3.16. The molecule has 1 aromatic rings. The van der Waals surface area contributed by atoms with Crippen LogP contribution in [0.1, 0.15) is 50.5 Å². The van der Waals surface area contributed by atoms with E-state index in [1.54, 1.807) is 7.11 Å². The Bertz CT molecular complexity index is 554. The molecule has 1 fully saturated rings. The molecule has 0 unspecified atom stereocenters. The van der Waals surface area contributed by atoms with Gasteiger partial charge >= 0.3 is 6.03 Å². The summed E-state index contributed by atoms with van der Waals surface area (Å²) in [5, 5.41) is 8.76. The number of nitrogens with one attached hydrogen (secondary N) is 3. The molecule has 1 aromatic carbocycles. The molecule has 0 bridgehead atoms. The summed E-state index contributed by atoms with van der Waals surface area (Å²) < 4.78 is 5.12. The van der Waals surface area contributed by atoms with Gasteiger partial charge in [0.25, 0.3) is 0 Å². The highest BCUT2D eigenvalue weighted by Gasteiger charge is 2.15. The summed E-state index contributed by atoms with van der Waals surface area (Å²) in [4.78, 5) is 23.6. The minimum absolute atomic E-state index is 0.0213. The molecule has 1 aliphatic rings. The summed E-state index contributed by atoms with van der Waals surface area (Å²) in [6, 6.07) is 8.03. The Morgan fingerprint density at radius 2 is 1.77 bits per heavy atom. The van der Waals surface area contributed by atoms with Crippen molar-refractivity contribution in [2.24, 2.45) is 0 Å². The molecule has 0 radical (unpaired) electrons. The maximum absolute atomic E-state index is 11.8. The van der Waals surface area contributed by atoms with Gasteiger partial charge in [-0.1, -0.05) is 31.4 Å².